The van der Waals surface area contributed by atoms with Crippen molar-refractivity contribution < 1.29 is 0 Å². The van der Waals surface area contributed by atoms with Crippen molar-refractivity contribution in [3.63, 3.8) is 0 Å². The summed E-state index contributed by atoms with van der Waals surface area (Å²) < 4.78 is 4.36. The first-order valence-corrected chi connectivity index (χ1v) is 6.61. The molecule has 0 saturated carbocycles. The quantitative estimate of drug-likeness (QED) is 0.749. The molecular formula is C13H14N6S. The standard InChI is InChI=1S/C13H14N6S/c1-9-10(7-15-18(9)2)8-19-12(16-17-13(19)20)11-5-3-4-6-14-11/h3-7H,8H2,1-2H3,(H,17,20). The number of pyridine rings is 1. The highest BCUT2D eigenvalue weighted by atomic mass is 32.1. The number of rotatable bonds is 3. The lowest BCUT2D eigenvalue weighted by molar-refractivity contribution is 0.730. The Hall–Kier alpha value is -2.28. The van der Waals surface area contributed by atoms with Crippen LogP contribution in [0.2, 0.25) is 0 Å². The molecule has 0 aliphatic heterocycles. The Morgan fingerprint density at radius 2 is 2.20 bits per heavy atom. The van der Waals surface area contributed by atoms with Gasteiger partial charge in [-0.2, -0.15) is 10.2 Å². The molecule has 3 aromatic heterocycles. The van der Waals surface area contributed by atoms with Gasteiger partial charge in [0.15, 0.2) is 10.6 Å². The number of nitrogens with one attached hydrogen (secondary N) is 1. The monoisotopic (exact) mass is 286 g/mol. The second kappa shape index (κ2) is 5.01. The van der Waals surface area contributed by atoms with Gasteiger partial charge in [0.05, 0.1) is 12.7 Å². The normalized spacial score (nSPS) is 10.9. The molecule has 0 amide bonds. The fourth-order valence-electron chi connectivity index (χ4n) is 2.02. The van der Waals surface area contributed by atoms with Gasteiger partial charge in [-0.05, 0) is 31.3 Å². The molecule has 0 radical (unpaired) electrons. The summed E-state index contributed by atoms with van der Waals surface area (Å²) in [6.07, 6.45) is 3.60. The molecule has 0 aliphatic carbocycles. The van der Waals surface area contributed by atoms with E-state index in [2.05, 4.69) is 20.3 Å². The van der Waals surface area contributed by atoms with Gasteiger partial charge in [0, 0.05) is 24.5 Å². The van der Waals surface area contributed by atoms with Crippen molar-refractivity contribution >= 4 is 12.2 Å². The van der Waals surface area contributed by atoms with Crippen LogP contribution in [0.5, 0.6) is 0 Å². The fraction of sp³-hybridized carbons (Fsp3) is 0.231. The Morgan fingerprint density at radius 1 is 1.35 bits per heavy atom. The number of H-pyrrole nitrogens is 1. The van der Waals surface area contributed by atoms with Crippen molar-refractivity contribution in [2.24, 2.45) is 7.05 Å². The van der Waals surface area contributed by atoms with Crippen molar-refractivity contribution in [3.05, 3.63) is 46.6 Å². The molecule has 102 valence electrons. The zero-order valence-corrected chi connectivity index (χ0v) is 12.1. The molecule has 20 heavy (non-hydrogen) atoms. The smallest absolute Gasteiger partial charge is 0.195 e. The van der Waals surface area contributed by atoms with Gasteiger partial charge in [-0.25, -0.2) is 0 Å². The Kier molecular flexibility index (Phi) is 3.19. The lowest BCUT2D eigenvalue weighted by Gasteiger charge is -2.06. The third kappa shape index (κ3) is 2.16. The average Bonchev–Trinajstić information content (AvgIpc) is 2.98. The molecule has 0 spiro atoms. The number of aromatic nitrogens is 6. The molecule has 3 aromatic rings. The fourth-order valence-corrected chi connectivity index (χ4v) is 2.22. The van der Waals surface area contributed by atoms with Gasteiger partial charge < -0.3 is 0 Å². The number of aryl methyl sites for hydroxylation is 1. The Bertz CT molecular complexity index is 783. The molecule has 0 aromatic carbocycles. The minimum atomic E-state index is 0.578. The first kappa shape index (κ1) is 12.7. The molecular weight excluding hydrogens is 272 g/mol. The van der Waals surface area contributed by atoms with E-state index in [1.807, 2.05) is 47.6 Å². The molecule has 3 heterocycles. The maximum Gasteiger partial charge on any atom is 0.195 e. The molecule has 7 heteroatoms. The van der Waals surface area contributed by atoms with Crippen LogP contribution >= 0.6 is 12.2 Å². The van der Waals surface area contributed by atoms with E-state index in [0.29, 0.717) is 11.3 Å². The van der Waals surface area contributed by atoms with Gasteiger partial charge in [-0.15, -0.1) is 0 Å². The number of hydrogen-bond acceptors (Lipinski definition) is 4. The second-order valence-corrected chi connectivity index (χ2v) is 4.92. The van der Waals surface area contributed by atoms with Gasteiger partial charge in [0.25, 0.3) is 0 Å². The van der Waals surface area contributed by atoms with Gasteiger partial charge in [-0.3, -0.25) is 19.3 Å². The first-order chi connectivity index (χ1) is 9.66. The third-order valence-corrected chi connectivity index (χ3v) is 3.63. The molecule has 3 rings (SSSR count). The van der Waals surface area contributed by atoms with Gasteiger partial charge >= 0.3 is 0 Å². The van der Waals surface area contributed by atoms with Crippen molar-refractivity contribution in [2.45, 2.75) is 13.5 Å². The predicted octanol–water partition coefficient (Wildman–Crippen LogP) is 2.09. The zero-order valence-electron chi connectivity index (χ0n) is 11.2. The topological polar surface area (TPSA) is 64.3 Å². The first-order valence-electron chi connectivity index (χ1n) is 6.21. The molecule has 0 saturated heterocycles. The maximum atomic E-state index is 5.31. The van der Waals surface area contributed by atoms with Crippen LogP contribution < -0.4 is 0 Å². The summed E-state index contributed by atoms with van der Waals surface area (Å²) in [4.78, 5) is 4.32. The van der Waals surface area contributed by atoms with Crippen LogP contribution in [0.3, 0.4) is 0 Å². The van der Waals surface area contributed by atoms with Crippen LogP contribution in [0.15, 0.2) is 30.6 Å². The molecule has 0 unspecified atom stereocenters. The van der Waals surface area contributed by atoms with Crippen LogP contribution in [0.4, 0.5) is 0 Å². The highest BCUT2D eigenvalue weighted by Gasteiger charge is 2.12. The molecule has 0 aliphatic rings. The highest BCUT2D eigenvalue weighted by Crippen LogP contribution is 2.17. The van der Waals surface area contributed by atoms with Crippen LogP contribution in [0.1, 0.15) is 11.3 Å². The Morgan fingerprint density at radius 3 is 2.85 bits per heavy atom. The maximum absolute atomic E-state index is 5.31. The molecule has 6 nitrogen and oxygen atoms in total. The highest BCUT2D eigenvalue weighted by molar-refractivity contribution is 7.71. The number of hydrogen-bond donors (Lipinski definition) is 1. The van der Waals surface area contributed by atoms with E-state index in [1.165, 1.54) is 0 Å². The van der Waals surface area contributed by atoms with Gasteiger partial charge in [0.2, 0.25) is 0 Å². The zero-order chi connectivity index (χ0) is 14.1. The predicted molar refractivity (Wildman–Crippen MR) is 77.7 cm³/mol. The molecule has 0 atom stereocenters. The van der Waals surface area contributed by atoms with E-state index in [-0.39, 0.29) is 0 Å². The second-order valence-electron chi connectivity index (χ2n) is 4.53. The summed E-state index contributed by atoms with van der Waals surface area (Å²) in [7, 11) is 1.92. The van der Waals surface area contributed by atoms with Crippen LogP contribution in [0, 0.1) is 11.7 Å². The van der Waals surface area contributed by atoms with Crippen LogP contribution in [0.25, 0.3) is 11.5 Å². The molecule has 0 fully saturated rings. The van der Waals surface area contributed by atoms with Gasteiger partial charge in [0.1, 0.15) is 5.69 Å². The SMILES string of the molecule is Cc1c(Cn2c(-c3ccccn3)n[nH]c2=S)cnn1C. The lowest BCUT2D eigenvalue weighted by atomic mass is 10.2. The Balaban J connectivity index is 2.04. The van der Waals surface area contributed by atoms with Gasteiger partial charge in [-0.1, -0.05) is 6.07 Å². The summed E-state index contributed by atoms with van der Waals surface area (Å²) in [6.45, 7) is 2.66. The van der Waals surface area contributed by atoms with E-state index in [4.69, 9.17) is 12.2 Å². The van der Waals surface area contributed by atoms with Crippen LogP contribution in [-0.4, -0.2) is 29.5 Å². The lowest BCUT2D eigenvalue weighted by Crippen LogP contribution is -2.04. The number of nitrogens with zero attached hydrogens (tertiary/aromatic N) is 5. The van der Waals surface area contributed by atoms with Crippen molar-refractivity contribution in [3.8, 4) is 11.5 Å². The van der Waals surface area contributed by atoms with Crippen molar-refractivity contribution in [2.75, 3.05) is 0 Å². The van der Waals surface area contributed by atoms with Crippen LogP contribution in [-0.2, 0) is 13.6 Å². The summed E-state index contributed by atoms with van der Waals surface area (Å²) in [5.74, 6) is 0.735. The molecule has 1 N–H and O–H groups in total. The summed E-state index contributed by atoms with van der Waals surface area (Å²) in [5, 5.41) is 11.4. The van der Waals surface area contributed by atoms with E-state index >= 15 is 0 Å². The summed E-state index contributed by atoms with van der Waals surface area (Å²) >= 11 is 5.31. The number of aromatic amines is 1. The third-order valence-electron chi connectivity index (χ3n) is 3.32. The molecule has 0 bridgehead atoms. The minimum Gasteiger partial charge on any atom is -0.294 e. The van der Waals surface area contributed by atoms with E-state index in [1.54, 1.807) is 6.20 Å². The average molecular weight is 286 g/mol. The summed E-state index contributed by atoms with van der Waals surface area (Å²) in [5.41, 5.74) is 3.02. The van der Waals surface area contributed by atoms with E-state index < -0.39 is 0 Å². The summed E-state index contributed by atoms with van der Waals surface area (Å²) in [6, 6.07) is 5.72. The van der Waals surface area contributed by atoms with E-state index in [0.717, 1.165) is 22.8 Å². The van der Waals surface area contributed by atoms with E-state index in [9.17, 15) is 0 Å². The Labute approximate surface area is 121 Å². The van der Waals surface area contributed by atoms with Crippen molar-refractivity contribution in [1.82, 2.24) is 29.5 Å². The largest absolute Gasteiger partial charge is 0.294 e. The van der Waals surface area contributed by atoms with Crippen molar-refractivity contribution in [1.29, 1.82) is 0 Å². The minimum absolute atomic E-state index is 0.578.